The highest BCUT2D eigenvalue weighted by Gasteiger charge is 2.74. The van der Waals surface area contributed by atoms with Crippen LogP contribution in [0.25, 0.3) is 0 Å². The Kier molecular flexibility index (Phi) is 3.57. The van der Waals surface area contributed by atoms with Gasteiger partial charge in [0.1, 0.15) is 11.4 Å². The molecule has 0 spiro atoms. The number of carbonyl (C=O) groups excluding carboxylic acids is 1. The van der Waals surface area contributed by atoms with Gasteiger partial charge in [-0.15, -0.1) is 0 Å². The Morgan fingerprint density at radius 2 is 1.83 bits per heavy atom. The Hall–Kier alpha value is -2.00. The summed E-state index contributed by atoms with van der Waals surface area (Å²) in [5.74, 6) is 0.759. The molecule has 0 aromatic heterocycles. The maximum atomic E-state index is 11.8. The molecule has 2 aromatic rings. The molecule has 0 saturated heterocycles. The second-order valence-corrected chi connectivity index (χ2v) is 7.44. The summed E-state index contributed by atoms with van der Waals surface area (Å²) in [6.07, 6.45) is 3.02. The van der Waals surface area contributed by atoms with Crippen molar-refractivity contribution in [2.24, 2.45) is 5.41 Å². The molecule has 3 aliphatic rings. The van der Waals surface area contributed by atoms with Gasteiger partial charge in [-0.3, -0.25) is 4.79 Å². The fourth-order valence-electron chi connectivity index (χ4n) is 4.07. The van der Waals surface area contributed by atoms with Crippen molar-refractivity contribution < 1.29 is 14.3 Å². The van der Waals surface area contributed by atoms with Crippen molar-refractivity contribution in [3.63, 3.8) is 0 Å². The minimum Gasteiger partial charge on any atom is -0.487 e. The van der Waals surface area contributed by atoms with Gasteiger partial charge in [0.25, 0.3) is 0 Å². The van der Waals surface area contributed by atoms with Gasteiger partial charge < -0.3 is 9.47 Å². The van der Waals surface area contributed by atoms with Crippen molar-refractivity contribution in [2.45, 2.75) is 31.3 Å². The zero-order valence-electron chi connectivity index (χ0n) is 13.5. The van der Waals surface area contributed by atoms with Crippen molar-refractivity contribution in [3.8, 4) is 5.75 Å². The Morgan fingerprint density at radius 3 is 2.50 bits per heavy atom. The number of ether oxygens (including phenoxy) is 2. The summed E-state index contributed by atoms with van der Waals surface area (Å²) >= 11 is 6.18. The van der Waals surface area contributed by atoms with E-state index in [1.54, 1.807) is 0 Å². The van der Waals surface area contributed by atoms with Gasteiger partial charge in [-0.2, -0.15) is 0 Å². The number of carbonyl (C=O) groups is 1. The summed E-state index contributed by atoms with van der Waals surface area (Å²) in [4.78, 5) is 11.8. The molecule has 2 bridgehead atoms. The molecule has 4 heteroatoms. The molecule has 0 amide bonds. The first-order chi connectivity index (χ1) is 11.5. The zero-order chi connectivity index (χ0) is 16.8. The van der Waals surface area contributed by atoms with E-state index in [0.29, 0.717) is 5.02 Å². The van der Waals surface area contributed by atoms with Crippen LogP contribution in [-0.2, 0) is 16.0 Å². The van der Waals surface area contributed by atoms with Gasteiger partial charge in [-0.1, -0.05) is 41.9 Å². The molecule has 3 aliphatic carbocycles. The predicted octanol–water partition coefficient (Wildman–Crippen LogP) is 4.41. The quantitative estimate of drug-likeness (QED) is 0.755. The first kappa shape index (κ1) is 15.5. The standard InChI is InChI=1S/C20H19ClO3/c1-23-18(22)19-11-20(12-19,13-19)24-17-8-7-16(21)10-15(17)9-14-5-3-2-4-6-14/h2-8,10H,9,11-13H2,1H3. The highest BCUT2D eigenvalue weighted by Crippen LogP contribution is 2.69. The van der Waals surface area contributed by atoms with Crippen LogP contribution in [0.3, 0.4) is 0 Å². The third kappa shape index (κ3) is 2.48. The number of benzene rings is 2. The van der Waals surface area contributed by atoms with Crippen LogP contribution in [0.5, 0.6) is 5.75 Å². The summed E-state index contributed by atoms with van der Waals surface area (Å²) in [6, 6.07) is 16.0. The lowest BCUT2D eigenvalue weighted by Gasteiger charge is -2.67. The molecular weight excluding hydrogens is 324 g/mol. The third-order valence-electron chi connectivity index (χ3n) is 5.19. The Labute approximate surface area is 146 Å². The predicted molar refractivity (Wildman–Crippen MR) is 92.4 cm³/mol. The van der Waals surface area contributed by atoms with E-state index in [1.165, 1.54) is 12.7 Å². The van der Waals surface area contributed by atoms with Crippen LogP contribution in [0.15, 0.2) is 48.5 Å². The molecule has 24 heavy (non-hydrogen) atoms. The van der Waals surface area contributed by atoms with E-state index in [9.17, 15) is 4.79 Å². The number of halogens is 1. The van der Waals surface area contributed by atoms with Gasteiger partial charge in [0, 0.05) is 30.7 Å². The molecule has 0 heterocycles. The average Bonchev–Trinajstić information content (AvgIpc) is 2.51. The monoisotopic (exact) mass is 342 g/mol. The Balaban J connectivity index is 1.52. The van der Waals surface area contributed by atoms with Gasteiger partial charge in [-0.25, -0.2) is 0 Å². The highest BCUT2D eigenvalue weighted by atomic mass is 35.5. The summed E-state index contributed by atoms with van der Waals surface area (Å²) in [7, 11) is 1.45. The maximum Gasteiger partial charge on any atom is 0.312 e. The SMILES string of the molecule is COC(=O)C12CC(Oc3ccc(Cl)cc3Cc3ccccc3)(C1)C2. The van der Waals surface area contributed by atoms with E-state index in [4.69, 9.17) is 21.1 Å². The van der Waals surface area contributed by atoms with Gasteiger partial charge in [0.05, 0.1) is 12.5 Å². The van der Waals surface area contributed by atoms with Gasteiger partial charge >= 0.3 is 5.97 Å². The molecule has 5 rings (SSSR count). The summed E-state index contributed by atoms with van der Waals surface area (Å²) in [6.45, 7) is 0. The average molecular weight is 343 g/mol. The highest BCUT2D eigenvalue weighted by molar-refractivity contribution is 6.30. The Morgan fingerprint density at radius 1 is 1.12 bits per heavy atom. The van der Waals surface area contributed by atoms with Crippen LogP contribution in [0, 0.1) is 5.41 Å². The maximum absolute atomic E-state index is 11.8. The van der Waals surface area contributed by atoms with Crippen molar-refractivity contribution >= 4 is 17.6 Å². The number of hydrogen-bond donors (Lipinski definition) is 0. The molecule has 3 fully saturated rings. The van der Waals surface area contributed by atoms with Gasteiger partial charge in [-0.05, 0) is 29.3 Å². The van der Waals surface area contributed by atoms with Crippen LogP contribution >= 0.6 is 11.6 Å². The third-order valence-corrected chi connectivity index (χ3v) is 5.42. The lowest BCUT2D eigenvalue weighted by atomic mass is 9.41. The fraction of sp³-hybridized carbons (Fsp3) is 0.350. The zero-order valence-corrected chi connectivity index (χ0v) is 14.3. The summed E-state index contributed by atoms with van der Waals surface area (Å²) in [5.41, 5.74) is 1.80. The number of hydrogen-bond acceptors (Lipinski definition) is 3. The van der Waals surface area contributed by atoms with E-state index >= 15 is 0 Å². The normalized spacial score (nSPS) is 26.9. The van der Waals surface area contributed by atoms with Crippen LogP contribution < -0.4 is 4.74 Å². The molecule has 0 radical (unpaired) electrons. The summed E-state index contributed by atoms with van der Waals surface area (Å²) in [5, 5.41) is 0.705. The molecule has 124 valence electrons. The molecule has 3 saturated carbocycles. The molecular formula is C20H19ClO3. The van der Waals surface area contributed by atoms with Crippen molar-refractivity contribution in [2.75, 3.05) is 7.11 Å². The van der Waals surface area contributed by atoms with E-state index in [2.05, 4.69) is 12.1 Å². The van der Waals surface area contributed by atoms with Crippen molar-refractivity contribution in [1.29, 1.82) is 0 Å². The van der Waals surface area contributed by atoms with Gasteiger partial charge in [0.2, 0.25) is 0 Å². The molecule has 3 nitrogen and oxygen atoms in total. The van der Waals surface area contributed by atoms with E-state index in [1.807, 2.05) is 36.4 Å². The fourth-order valence-corrected chi connectivity index (χ4v) is 4.27. The van der Waals surface area contributed by atoms with E-state index in [-0.39, 0.29) is 17.0 Å². The van der Waals surface area contributed by atoms with Crippen LogP contribution in [0.1, 0.15) is 30.4 Å². The van der Waals surface area contributed by atoms with Crippen molar-refractivity contribution in [3.05, 3.63) is 64.7 Å². The Bertz CT molecular complexity index is 765. The largest absolute Gasteiger partial charge is 0.487 e. The first-order valence-corrected chi connectivity index (χ1v) is 8.52. The van der Waals surface area contributed by atoms with E-state index < -0.39 is 0 Å². The second kappa shape index (κ2) is 5.52. The molecule has 0 atom stereocenters. The molecule has 0 unspecified atom stereocenters. The second-order valence-electron chi connectivity index (χ2n) is 7.00. The lowest BCUT2D eigenvalue weighted by Crippen LogP contribution is -2.73. The molecule has 0 N–H and O–H groups in total. The van der Waals surface area contributed by atoms with Crippen LogP contribution in [-0.4, -0.2) is 18.7 Å². The van der Waals surface area contributed by atoms with Crippen LogP contribution in [0.4, 0.5) is 0 Å². The lowest BCUT2D eigenvalue weighted by molar-refractivity contribution is -0.249. The minimum absolute atomic E-state index is 0.103. The molecule has 0 aliphatic heterocycles. The van der Waals surface area contributed by atoms with Crippen molar-refractivity contribution in [1.82, 2.24) is 0 Å². The van der Waals surface area contributed by atoms with E-state index in [0.717, 1.165) is 37.0 Å². The summed E-state index contributed by atoms with van der Waals surface area (Å²) < 4.78 is 11.2. The first-order valence-electron chi connectivity index (χ1n) is 8.14. The number of methoxy groups -OCH3 is 1. The number of esters is 1. The minimum atomic E-state index is -0.291. The smallest absolute Gasteiger partial charge is 0.312 e. The topological polar surface area (TPSA) is 35.5 Å². The number of rotatable bonds is 5. The van der Waals surface area contributed by atoms with Gasteiger partial charge in [0.15, 0.2) is 0 Å². The molecule has 2 aromatic carbocycles. The van der Waals surface area contributed by atoms with Crippen LogP contribution in [0.2, 0.25) is 5.02 Å².